The highest BCUT2D eigenvalue weighted by molar-refractivity contribution is 5.79. The highest BCUT2D eigenvalue weighted by Crippen LogP contribution is 2.17. The number of guanidine groups is 1. The third-order valence-electron chi connectivity index (χ3n) is 3.94. The second-order valence-electron chi connectivity index (χ2n) is 6.40. The average Bonchev–Trinajstić information content (AvgIpc) is 2.68. The lowest BCUT2D eigenvalue weighted by Gasteiger charge is -2.19. The third-order valence-corrected chi connectivity index (χ3v) is 3.94. The Morgan fingerprint density at radius 2 is 1.96 bits per heavy atom. The first kappa shape index (κ1) is 21.1. The Bertz CT molecular complexity index is 808. The van der Waals surface area contributed by atoms with Gasteiger partial charge in [0.15, 0.2) is 12.6 Å². The van der Waals surface area contributed by atoms with E-state index in [-0.39, 0.29) is 12.7 Å². The van der Waals surface area contributed by atoms with Gasteiger partial charge < -0.3 is 25.8 Å². The van der Waals surface area contributed by atoms with Crippen molar-refractivity contribution in [1.29, 1.82) is 0 Å². The van der Waals surface area contributed by atoms with E-state index in [0.29, 0.717) is 24.8 Å². The molecular weight excluding hydrogens is 356 g/mol. The lowest BCUT2D eigenvalue weighted by Crippen LogP contribution is -2.41. The number of aliphatic imine (C=N–C) groups is 1. The molecule has 2 rings (SSSR count). The Morgan fingerprint density at radius 3 is 2.68 bits per heavy atom. The van der Waals surface area contributed by atoms with E-state index >= 15 is 0 Å². The maximum absolute atomic E-state index is 10.8. The van der Waals surface area contributed by atoms with Crippen LogP contribution in [-0.4, -0.2) is 38.2 Å². The minimum Gasteiger partial charge on any atom is -0.489 e. The maximum Gasteiger partial charge on any atom is 0.255 e. The summed E-state index contributed by atoms with van der Waals surface area (Å²) in [5.41, 5.74) is 7.20. The molecule has 0 aliphatic carbocycles. The van der Waals surface area contributed by atoms with E-state index in [0.717, 1.165) is 16.9 Å². The second-order valence-corrected chi connectivity index (χ2v) is 6.40. The van der Waals surface area contributed by atoms with E-state index in [1.54, 1.807) is 13.1 Å². The number of aryl methyl sites for hydroxylation is 1. The summed E-state index contributed by atoms with van der Waals surface area (Å²) in [6.45, 7) is 5.05. The molecule has 0 spiro atoms. The van der Waals surface area contributed by atoms with E-state index in [2.05, 4.69) is 15.6 Å². The maximum atomic E-state index is 10.8. The van der Waals surface area contributed by atoms with Gasteiger partial charge in [0.2, 0.25) is 0 Å². The summed E-state index contributed by atoms with van der Waals surface area (Å²) in [5, 5.41) is 6.50. The zero-order chi connectivity index (χ0) is 20.4. The average molecular weight is 384 g/mol. The minimum absolute atomic E-state index is 0.0230. The Hall–Kier alpha value is -3.22. The summed E-state index contributed by atoms with van der Waals surface area (Å²) in [5.74, 6) is 1.65. The van der Waals surface area contributed by atoms with Gasteiger partial charge in [-0.3, -0.25) is 9.79 Å². The fraction of sp³-hybridized carbons (Fsp3) is 0.333. The SMILES string of the molecule is CN=C(NCc1cccc(OCC(N)=O)c1)NCC(C)Oc1ccccc1C. The van der Waals surface area contributed by atoms with Crippen molar-refractivity contribution < 1.29 is 14.3 Å². The Morgan fingerprint density at radius 1 is 1.18 bits per heavy atom. The molecule has 150 valence electrons. The number of primary amides is 1. The molecule has 0 bridgehead atoms. The summed E-state index contributed by atoms with van der Waals surface area (Å²) in [6.07, 6.45) is -0.0230. The summed E-state index contributed by atoms with van der Waals surface area (Å²) < 4.78 is 11.3. The van der Waals surface area contributed by atoms with Crippen LogP contribution in [0.1, 0.15) is 18.1 Å². The number of nitrogens with two attached hydrogens (primary N) is 1. The number of para-hydroxylation sites is 1. The van der Waals surface area contributed by atoms with Gasteiger partial charge in [0.25, 0.3) is 5.91 Å². The summed E-state index contributed by atoms with van der Waals surface area (Å²) in [7, 11) is 1.72. The van der Waals surface area contributed by atoms with Crippen LogP contribution >= 0.6 is 0 Å². The van der Waals surface area contributed by atoms with Crippen LogP contribution in [0.5, 0.6) is 11.5 Å². The molecule has 0 radical (unpaired) electrons. The van der Waals surface area contributed by atoms with Crippen molar-refractivity contribution in [2.45, 2.75) is 26.5 Å². The van der Waals surface area contributed by atoms with E-state index in [9.17, 15) is 4.79 Å². The van der Waals surface area contributed by atoms with Crippen LogP contribution in [0.4, 0.5) is 0 Å². The predicted octanol–water partition coefficient (Wildman–Crippen LogP) is 1.99. The van der Waals surface area contributed by atoms with Gasteiger partial charge in [-0.2, -0.15) is 0 Å². The van der Waals surface area contributed by atoms with Gasteiger partial charge in [0.05, 0.1) is 6.54 Å². The van der Waals surface area contributed by atoms with Crippen molar-refractivity contribution in [2.24, 2.45) is 10.7 Å². The van der Waals surface area contributed by atoms with E-state index in [1.165, 1.54) is 0 Å². The highest BCUT2D eigenvalue weighted by Gasteiger charge is 2.07. The number of benzene rings is 2. The number of ether oxygens (including phenoxy) is 2. The van der Waals surface area contributed by atoms with Crippen molar-refractivity contribution in [3.05, 3.63) is 59.7 Å². The minimum atomic E-state index is -0.504. The predicted molar refractivity (Wildman–Crippen MR) is 111 cm³/mol. The molecule has 0 saturated carbocycles. The van der Waals surface area contributed by atoms with Gasteiger partial charge in [-0.05, 0) is 43.2 Å². The van der Waals surface area contributed by atoms with Gasteiger partial charge in [-0.1, -0.05) is 30.3 Å². The van der Waals surface area contributed by atoms with Crippen LogP contribution < -0.4 is 25.8 Å². The first-order valence-electron chi connectivity index (χ1n) is 9.14. The second kappa shape index (κ2) is 10.8. The number of amides is 1. The Balaban J connectivity index is 1.80. The van der Waals surface area contributed by atoms with Crippen LogP contribution in [0.3, 0.4) is 0 Å². The zero-order valence-electron chi connectivity index (χ0n) is 16.6. The number of hydrogen-bond donors (Lipinski definition) is 3. The van der Waals surface area contributed by atoms with Crippen molar-refractivity contribution in [3.8, 4) is 11.5 Å². The largest absolute Gasteiger partial charge is 0.489 e. The first-order chi connectivity index (χ1) is 13.5. The van der Waals surface area contributed by atoms with Crippen LogP contribution in [0.2, 0.25) is 0 Å². The molecule has 28 heavy (non-hydrogen) atoms. The molecule has 4 N–H and O–H groups in total. The standard InChI is InChI=1S/C21H28N4O3/c1-15-7-4-5-10-19(15)28-16(2)12-24-21(23-3)25-13-17-8-6-9-18(11-17)27-14-20(22)26/h4-11,16H,12-14H2,1-3H3,(H2,22,26)(H2,23,24,25). The lowest BCUT2D eigenvalue weighted by molar-refractivity contribution is -0.119. The molecule has 0 fully saturated rings. The van der Waals surface area contributed by atoms with E-state index in [4.69, 9.17) is 15.2 Å². The van der Waals surface area contributed by atoms with Crippen LogP contribution in [0.15, 0.2) is 53.5 Å². The summed E-state index contributed by atoms with van der Waals surface area (Å²) >= 11 is 0. The molecule has 0 aliphatic rings. The fourth-order valence-corrected chi connectivity index (χ4v) is 2.49. The molecule has 7 heteroatoms. The number of hydrogen-bond acceptors (Lipinski definition) is 4. The smallest absolute Gasteiger partial charge is 0.255 e. The first-order valence-corrected chi connectivity index (χ1v) is 9.14. The van der Waals surface area contributed by atoms with Gasteiger partial charge in [0, 0.05) is 13.6 Å². The number of carbonyl (C=O) groups excluding carboxylic acids is 1. The van der Waals surface area contributed by atoms with Gasteiger partial charge in [0.1, 0.15) is 17.6 Å². The molecule has 0 saturated heterocycles. The van der Waals surface area contributed by atoms with Gasteiger partial charge in [-0.15, -0.1) is 0 Å². The molecule has 7 nitrogen and oxygen atoms in total. The highest BCUT2D eigenvalue weighted by atomic mass is 16.5. The number of carbonyl (C=O) groups is 1. The number of rotatable bonds is 9. The molecule has 1 amide bonds. The Kier molecular flexibility index (Phi) is 8.14. The molecule has 2 aromatic carbocycles. The zero-order valence-corrected chi connectivity index (χ0v) is 16.6. The molecule has 2 aromatic rings. The summed E-state index contributed by atoms with van der Waals surface area (Å²) in [4.78, 5) is 15.1. The quantitative estimate of drug-likeness (QED) is 0.454. The summed E-state index contributed by atoms with van der Waals surface area (Å²) in [6, 6.07) is 15.4. The topological polar surface area (TPSA) is 98.0 Å². The van der Waals surface area contributed by atoms with Crippen LogP contribution in [0.25, 0.3) is 0 Å². The molecule has 0 aliphatic heterocycles. The van der Waals surface area contributed by atoms with E-state index < -0.39 is 5.91 Å². The molecule has 1 atom stereocenters. The lowest BCUT2D eigenvalue weighted by atomic mass is 10.2. The van der Waals surface area contributed by atoms with E-state index in [1.807, 2.05) is 56.3 Å². The van der Waals surface area contributed by atoms with Gasteiger partial charge >= 0.3 is 0 Å². The third kappa shape index (κ3) is 7.19. The normalized spacial score (nSPS) is 12.2. The molecule has 0 heterocycles. The monoisotopic (exact) mass is 384 g/mol. The number of nitrogens with one attached hydrogen (secondary N) is 2. The van der Waals surface area contributed by atoms with Crippen molar-refractivity contribution in [3.63, 3.8) is 0 Å². The van der Waals surface area contributed by atoms with Crippen LogP contribution in [0, 0.1) is 6.92 Å². The molecule has 1 unspecified atom stereocenters. The fourth-order valence-electron chi connectivity index (χ4n) is 2.49. The van der Waals surface area contributed by atoms with Gasteiger partial charge in [-0.25, -0.2) is 0 Å². The van der Waals surface area contributed by atoms with Crippen molar-refractivity contribution in [1.82, 2.24) is 10.6 Å². The molecular formula is C21H28N4O3. The Labute approximate surface area is 165 Å². The van der Waals surface area contributed by atoms with Crippen LogP contribution in [-0.2, 0) is 11.3 Å². The number of nitrogens with zero attached hydrogens (tertiary/aromatic N) is 1. The molecule has 0 aromatic heterocycles. The van der Waals surface area contributed by atoms with Crippen molar-refractivity contribution in [2.75, 3.05) is 20.2 Å². The van der Waals surface area contributed by atoms with Crippen molar-refractivity contribution >= 4 is 11.9 Å².